The van der Waals surface area contributed by atoms with Crippen LogP contribution in [0.4, 0.5) is 0 Å². The first-order valence-electron chi connectivity index (χ1n) is 10.2. The summed E-state index contributed by atoms with van der Waals surface area (Å²) >= 11 is -0.553. The Bertz CT molecular complexity index is 1390. The fraction of sp³-hybridized carbons (Fsp3) is 0.0769. The van der Waals surface area contributed by atoms with E-state index in [0.717, 1.165) is 11.1 Å². The Morgan fingerprint density at radius 3 is 1.18 bits per heavy atom. The van der Waals surface area contributed by atoms with Gasteiger partial charge in [-0.3, -0.25) is 0 Å². The Morgan fingerprint density at radius 1 is 0.485 bits per heavy atom. The van der Waals surface area contributed by atoms with Crippen molar-refractivity contribution in [1.29, 1.82) is 0 Å². The van der Waals surface area contributed by atoms with Gasteiger partial charge in [-0.2, -0.15) is 0 Å². The molecule has 0 aliphatic heterocycles. The molecule has 168 valence electrons. The van der Waals surface area contributed by atoms with Gasteiger partial charge in [-0.15, -0.1) is 0 Å². The second kappa shape index (κ2) is 9.27. The van der Waals surface area contributed by atoms with E-state index in [2.05, 4.69) is 0 Å². The normalized spacial score (nSPS) is 11.9. The number of benzene rings is 4. The van der Waals surface area contributed by atoms with Gasteiger partial charge >= 0.3 is 202 Å². The van der Waals surface area contributed by atoms with E-state index in [-0.39, 0.29) is 19.6 Å². The number of sulfone groups is 2. The number of hydrogen-bond acceptors (Lipinski definition) is 4. The van der Waals surface area contributed by atoms with Crippen molar-refractivity contribution in [3.63, 3.8) is 0 Å². The van der Waals surface area contributed by atoms with Crippen LogP contribution < -0.4 is 8.92 Å². The molecular weight excluding hydrogens is 519 g/mol. The van der Waals surface area contributed by atoms with E-state index < -0.39 is 34.6 Å². The Kier molecular flexibility index (Phi) is 6.59. The molecule has 0 fully saturated rings. The van der Waals surface area contributed by atoms with Crippen molar-refractivity contribution in [2.45, 2.75) is 33.4 Å². The summed E-state index contributed by atoms with van der Waals surface area (Å²) in [6, 6.07) is 27.1. The van der Waals surface area contributed by atoms with Crippen molar-refractivity contribution in [3.8, 4) is 0 Å². The van der Waals surface area contributed by atoms with Crippen molar-refractivity contribution >= 4 is 43.6 Å². The molecule has 0 radical (unpaired) electrons. The summed E-state index contributed by atoms with van der Waals surface area (Å²) in [5, 5.41) is 0. The molecule has 7 heteroatoms. The van der Waals surface area contributed by atoms with Crippen LogP contribution in [-0.2, 0) is 19.7 Å². The first-order chi connectivity index (χ1) is 15.7. The molecule has 4 nitrogen and oxygen atoms in total. The van der Waals surface area contributed by atoms with Crippen LogP contribution in [0.25, 0.3) is 0 Å². The molecule has 0 unspecified atom stereocenters. The van der Waals surface area contributed by atoms with E-state index in [1.807, 2.05) is 13.8 Å². The molecular formula is C26H22O4S2Se. The third kappa shape index (κ3) is 4.82. The van der Waals surface area contributed by atoms with Crippen LogP contribution in [-0.4, -0.2) is 31.8 Å². The van der Waals surface area contributed by atoms with E-state index in [9.17, 15) is 16.8 Å². The Balaban J connectivity index is 1.78. The molecule has 4 aromatic carbocycles. The molecule has 0 atom stereocenters. The summed E-state index contributed by atoms with van der Waals surface area (Å²) in [7, 11) is -7.49. The second-order valence-corrected chi connectivity index (χ2v) is 13.7. The summed E-state index contributed by atoms with van der Waals surface area (Å²) < 4.78 is 54.7. The average Bonchev–Trinajstić information content (AvgIpc) is 2.80. The van der Waals surface area contributed by atoms with E-state index in [0.29, 0.717) is 8.92 Å². The van der Waals surface area contributed by atoms with Crippen molar-refractivity contribution in [3.05, 3.63) is 108 Å². The molecule has 0 bridgehead atoms. The molecule has 33 heavy (non-hydrogen) atoms. The van der Waals surface area contributed by atoms with Gasteiger partial charge in [0.2, 0.25) is 0 Å². The molecule has 0 amide bonds. The van der Waals surface area contributed by atoms with Crippen LogP contribution in [0.5, 0.6) is 0 Å². The van der Waals surface area contributed by atoms with Gasteiger partial charge in [0.1, 0.15) is 0 Å². The van der Waals surface area contributed by atoms with E-state index >= 15 is 0 Å². The molecule has 0 aromatic heterocycles. The van der Waals surface area contributed by atoms with Crippen molar-refractivity contribution in [1.82, 2.24) is 0 Å². The molecule has 0 saturated heterocycles. The SMILES string of the molecule is Cc1ccc(S(=O)(=O)c2ccccc2[Se]c2ccccc2S(=O)(=O)c2ccc(C)cc2)cc1. The van der Waals surface area contributed by atoms with Gasteiger partial charge in [-0.1, -0.05) is 0 Å². The minimum atomic E-state index is -3.75. The van der Waals surface area contributed by atoms with Crippen LogP contribution in [0.15, 0.2) is 117 Å². The Hall–Kier alpha value is -2.70. The van der Waals surface area contributed by atoms with Crippen LogP contribution in [0.1, 0.15) is 11.1 Å². The summed E-state index contributed by atoms with van der Waals surface area (Å²) in [6.45, 7) is 3.80. The first kappa shape index (κ1) is 23.5. The zero-order valence-corrected chi connectivity index (χ0v) is 21.4. The number of aryl methyl sites for hydroxylation is 2. The summed E-state index contributed by atoms with van der Waals surface area (Å²) in [5.41, 5.74) is 1.95. The van der Waals surface area contributed by atoms with E-state index in [1.165, 1.54) is 0 Å². The summed E-state index contributed by atoms with van der Waals surface area (Å²) in [6.07, 6.45) is 0. The van der Waals surface area contributed by atoms with Crippen molar-refractivity contribution < 1.29 is 16.8 Å². The molecule has 0 heterocycles. The average molecular weight is 542 g/mol. The fourth-order valence-corrected chi connectivity index (χ4v) is 9.63. The predicted octanol–water partition coefficient (Wildman–Crippen LogP) is 3.62. The van der Waals surface area contributed by atoms with Gasteiger partial charge in [0, 0.05) is 0 Å². The predicted molar refractivity (Wildman–Crippen MR) is 131 cm³/mol. The zero-order chi connectivity index (χ0) is 23.6. The Labute approximate surface area is 201 Å². The maximum absolute atomic E-state index is 13.4. The van der Waals surface area contributed by atoms with Crippen LogP contribution in [0.2, 0.25) is 0 Å². The monoisotopic (exact) mass is 542 g/mol. The van der Waals surface area contributed by atoms with Gasteiger partial charge in [0.15, 0.2) is 0 Å². The van der Waals surface area contributed by atoms with Gasteiger partial charge in [0.25, 0.3) is 0 Å². The Morgan fingerprint density at radius 2 is 0.818 bits per heavy atom. The first-order valence-corrected chi connectivity index (χ1v) is 14.9. The van der Waals surface area contributed by atoms with Crippen LogP contribution in [0, 0.1) is 13.8 Å². The van der Waals surface area contributed by atoms with Crippen molar-refractivity contribution in [2.75, 3.05) is 0 Å². The summed E-state index contributed by atoms with van der Waals surface area (Å²) in [4.78, 5) is 0.849. The van der Waals surface area contributed by atoms with Gasteiger partial charge in [-0.25, -0.2) is 0 Å². The molecule has 0 saturated carbocycles. The molecule has 0 aliphatic rings. The van der Waals surface area contributed by atoms with E-state index in [4.69, 9.17) is 0 Å². The fourth-order valence-electron chi connectivity index (χ4n) is 3.32. The zero-order valence-electron chi connectivity index (χ0n) is 18.1. The molecule has 0 spiro atoms. The topological polar surface area (TPSA) is 68.3 Å². The van der Waals surface area contributed by atoms with Gasteiger partial charge < -0.3 is 0 Å². The molecule has 0 N–H and O–H groups in total. The van der Waals surface area contributed by atoms with Gasteiger partial charge in [-0.05, 0) is 0 Å². The van der Waals surface area contributed by atoms with Crippen LogP contribution in [0.3, 0.4) is 0 Å². The second-order valence-electron chi connectivity index (χ2n) is 7.63. The quantitative estimate of drug-likeness (QED) is 0.350. The van der Waals surface area contributed by atoms with Gasteiger partial charge in [0.05, 0.1) is 0 Å². The minimum absolute atomic E-state index is 0.205. The third-order valence-corrected chi connectivity index (χ3v) is 11.8. The summed E-state index contributed by atoms with van der Waals surface area (Å²) in [5.74, 6) is 0. The van der Waals surface area contributed by atoms with Crippen LogP contribution >= 0.6 is 0 Å². The third-order valence-electron chi connectivity index (χ3n) is 5.16. The molecule has 4 rings (SSSR count). The number of rotatable bonds is 6. The number of hydrogen-bond donors (Lipinski definition) is 0. The molecule has 4 aromatic rings. The van der Waals surface area contributed by atoms with E-state index in [1.54, 1.807) is 97.1 Å². The standard InChI is InChI=1S/C26H22O4S2Se/c1-19-11-15-21(16-12-19)31(27,28)23-7-3-5-9-25(23)33-26-10-6-4-8-24(26)32(29,30)22-17-13-20(2)14-18-22/h3-18H,1-2H3. The van der Waals surface area contributed by atoms with Crippen molar-refractivity contribution in [2.24, 2.45) is 0 Å². The molecule has 0 aliphatic carbocycles. The maximum atomic E-state index is 13.4.